The second kappa shape index (κ2) is 5.46. The van der Waals surface area contributed by atoms with Crippen LogP contribution in [0, 0.1) is 5.92 Å². The number of Topliss-reactive ketones (excluding diaryl/α,β-unsaturated/α-hetero) is 2. The number of hydrogen-bond donors (Lipinski definition) is 0. The number of benzene rings is 1. The van der Waals surface area contributed by atoms with Crippen molar-refractivity contribution in [2.75, 3.05) is 0 Å². The van der Waals surface area contributed by atoms with Crippen LogP contribution in [-0.2, 0) is 16.0 Å². The Balaban J connectivity index is 2.98. The third kappa shape index (κ3) is 3.06. The van der Waals surface area contributed by atoms with Crippen LogP contribution >= 0.6 is 23.2 Å². The van der Waals surface area contributed by atoms with Crippen molar-refractivity contribution in [2.45, 2.75) is 20.3 Å². The molecule has 4 heteroatoms. The summed E-state index contributed by atoms with van der Waals surface area (Å²) in [6.45, 7) is 2.81. The second-order valence-corrected chi connectivity index (χ2v) is 4.48. The van der Waals surface area contributed by atoms with Crippen LogP contribution in [0.5, 0.6) is 0 Å². The fraction of sp³-hybridized carbons (Fsp3) is 0.333. The summed E-state index contributed by atoms with van der Waals surface area (Å²) < 4.78 is 0. The number of halogens is 2. The van der Waals surface area contributed by atoms with Crippen molar-refractivity contribution >= 4 is 34.8 Å². The van der Waals surface area contributed by atoms with Crippen molar-refractivity contribution in [3.63, 3.8) is 0 Å². The van der Waals surface area contributed by atoms with Crippen molar-refractivity contribution in [2.24, 2.45) is 5.92 Å². The van der Waals surface area contributed by atoms with Gasteiger partial charge >= 0.3 is 0 Å². The van der Waals surface area contributed by atoms with Crippen molar-refractivity contribution in [1.82, 2.24) is 0 Å². The fourth-order valence-electron chi connectivity index (χ4n) is 1.50. The van der Waals surface area contributed by atoms with Gasteiger partial charge in [0.1, 0.15) is 11.6 Å². The van der Waals surface area contributed by atoms with E-state index in [9.17, 15) is 9.59 Å². The average Bonchev–Trinajstić information content (AvgIpc) is 2.19. The second-order valence-electron chi connectivity index (χ2n) is 3.69. The van der Waals surface area contributed by atoms with Gasteiger partial charge in [0.2, 0.25) is 0 Å². The standard InChI is InChI=1S/C12H12Cl2O2/c1-7(15)10(8(2)16)6-9-4-3-5-11(13)12(9)14/h3-5,10H,6H2,1-2H3. The van der Waals surface area contributed by atoms with Crippen LogP contribution in [-0.4, -0.2) is 11.6 Å². The van der Waals surface area contributed by atoms with E-state index in [-0.39, 0.29) is 11.6 Å². The van der Waals surface area contributed by atoms with Gasteiger partial charge in [-0.1, -0.05) is 35.3 Å². The lowest BCUT2D eigenvalue weighted by Gasteiger charge is -2.11. The van der Waals surface area contributed by atoms with Crippen LogP contribution < -0.4 is 0 Å². The van der Waals surface area contributed by atoms with Crippen LogP contribution in [0.1, 0.15) is 19.4 Å². The molecule has 1 rings (SSSR count). The first-order valence-corrected chi connectivity index (χ1v) is 5.63. The molecule has 0 atom stereocenters. The SMILES string of the molecule is CC(=O)C(Cc1cccc(Cl)c1Cl)C(C)=O. The van der Waals surface area contributed by atoms with Crippen molar-refractivity contribution in [1.29, 1.82) is 0 Å². The highest BCUT2D eigenvalue weighted by Gasteiger charge is 2.21. The highest BCUT2D eigenvalue weighted by atomic mass is 35.5. The zero-order chi connectivity index (χ0) is 12.3. The zero-order valence-electron chi connectivity index (χ0n) is 9.09. The molecule has 0 amide bonds. The Kier molecular flexibility index (Phi) is 4.51. The zero-order valence-corrected chi connectivity index (χ0v) is 10.6. The molecule has 0 spiro atoms. The molecular weight excluding hydrogens is 247 g/mol. The smallest absolute Gasteiger partial charge is 0.140 e. The van der Waals surface area contributed by atoms with E-state index < -0.39 is 5.92 Å². The molecule has 86 valence electrons. The molecule has 1 aromatic rings. The third-order valence-corrected chi connectivity index (χ3v) is 3.30. The van der Waals surface area contributed by atoms with Crippen molar-refractivity contribution in [3.05, 3.63) is 33.8 Å². The molecule has 0 aliphatic rings. The first-order chi connectivity index (χ1) is 7.43. The molecular formula is C12H12Cl2O2. The minimum absolute atomic E-state index is 0.149. The van der Waals surface area contributed by atoms with Crippen LogP contribution in [0.25, 0.3) is 0 Å². The van der Waals surface area contributed by atoms with Crippen LogP contribution in [0.2, 0.25) is 10.0 Å². The molecule has 2 nitrogen and oxygen atoms in total. The van der Waals surface area contributed by atoms with E-state index in [1.165, 1.54) is 13.8 Å². The van der Waals surface area contributed by atoms with Gasteiger partial charge in [-0.3, -0.25) is 9.59 Å². The highest BCUT2D eigenvalue weighted by Crippen LogP contribution is 2.27. The van der Waals surface area contributed by atoms with Crippen molar-refractivity contribution < 1.29 is 9.59 Å². The molecule has 0 aliphatic heterocycles. The van der Waals surface area contributed by atoms with E-state index in [1.807, 2.05) is 0 Å². The molecule has 0 unspecified atom stereocenters. The molecule has 1 aromatic carbocycles. The average molecular weight is 259 g/mol. The Morgan fingerprint density at radius 3 is 2.25 bits per heavy atom. The van der Waals surface area contributed by atoms with E-state index in [2.05, 4.69) is 0 Å². The molecule has 0 fully saturated rings. The Labute approximate surface area is 105 Å². The minimum atomic E-state index is -0.629. The molecule has 0 heterocycles. The summed E-state index contributed by atoms with van der Waals surface area (Å²) in [5.41, 5.74) is 0.726. The monoisotopic (exact) mass is 258 g/mol. The van der Waals surface area contributed by atoms with Crippen LogP contribution in [0.15, 0.2) is 18.2 Å². The lowest BCUT2D eigenvalue weighted by molar-refractivity contribution is -0.130. The van der Waals surface area contributed by atoms with Crippen molar-refractivity contribution in [3.8, 4) is 0 Å². The summed E-state index contributed by atoms with van der Waals surface area (Å²) in [6, 6.07) is 5.19. The van der Waals surface area contributed by atoms with Gasteiger partial charge in [-0.2, -0.15) is 0 Å². The predicted molar refractivity (Wildman–Crippen MR) is 65.0 cm³/mol. The summed E-state index contributed by atoms with van der Waals surface area (Å²) in [6.07, 6.45) is 0.310. The van der Waals surface area contributed by atoms with Gasteiger partial charge < -0.3 is 0 Å². The molecule has 0 saturated carbocycles. The summed E-state index contributed by atoms with van der Waals surface area (Å²) >= 11 is 11.8. The number of rotatable bonds is 4. The van der Waals surface area contributed by atoms with Crippen LogP contribution in [0.4, 0.5) is 0 Å². The van der Waals surface area contributed by atoms with E-state index in [4.69, 9.17) is 23.2 Å². The molecule has 0 aliphatic carbocycles. The summed E-state index contributed by atoms with van der Waals surface area (Å²) in [5, 5.41) is 0.849. The number of carbonyl (C=O) groups is 2. The van der Waals surface area contributed by atoms with Gasteiger partial charge in [-0.05, 0) is 31.9 Å². The lowest BCUT2D eigenvalue weighted by atomic mass is 9.93. The van der Waals surface area contributed by atoms with E-state index in [1.54, 1.807) is 18.2 Å². The predicted octanol–water partition coefficient (Wildman–Crippen LogP) is 3.33. The van der Waals surface area contributed by atoms with E-state index >= 15 is 0 Å². The lowest BCUT2D eigenvalue weighted by Crippen LogP contribution is -2.22. The topological polar surface area (TPSA) is 34.1 Å². The summed E-state index contributed by atoms with van der Waals surface area (Å²) in [5.74, 6) is -0.928. The van der Waals surface area contributed by atoms with Crippen LogP contribution in [0.3, 0.4) is 0 Å². The Morgan fingerprint density at radius 2 is 1.75 bits per heavy atom. The van der Waals surface area contributed by atoms with Gasteiger partial charge in [0.05, 0.1) is 16.0 Å². The Hall–Kier alpha value is -0.860. The molecule has 0 bridgehead atoms. The summed E-state index contributed by atoms with van der Waals surface area (Å²) in [7, 11) is 0. The third-order valence-electron chi connectivity index (χ3n) is 2.44. The summed E-state index contributed by atoms with van der Waals surface area (Å²) in [4.78, 5) is 22.6. The number of hydrogen-bond acceptors (Lipinski definition) is 2. The van der Waals surface area contributed by atoms with Gasteiger partial charge in [0.25, 0.3) is 0 Å². The fourth-order valence-corrected chi connectivity index (χ4v) is 1.90. The highest BCUT2D eigenvalue weighted by molar-refractivity contribution is 6.42. The van der Waals surface area contributed by atoms with Gasteiger partial charge in [0, 0.05) is 0 Å². The number of ketones is 2. The van der Waals surface area contributed by atoms with Gasteiger partial charge in [-0.15, -0.1) is 0 Å². The molecule has 0 N–H and O–H groups in total. The first kappa shape index (κ1) is 13.2. The maximum Gasteiger partial charge on any atom is 0.140 e. The van der Waals surface area contributed by atoms with E-state index in [0.717, 1.165) is 5.56 Å². The minimum Gasteiger partial charge on any atom is -0.299 e. The molecule has 0 saturated heterocycles. The van der Waals surface area contributed by atoms with Gasteiger partial charge in [-0.25, -0.2) is 0 Å². The largest absolute Gasteiger partial charge is 0.299 e. The van der Waals surface area contributed by atoms with E-state index in [0.29, 0.717) is 16.5 Å². The quantitative estimate of drug-likeness (QED) is 0.777. The normalized spacial score (nSPS) is 10.6. The maximum absolute atomic E-state index is 11.3. The molecule has 0 radical (unpaired) electrons. The molecule has 0 aromatic heterocycles. The Morgan fingerprint density at radius 1 is 1.19 bits per heavy atom. The first-order valence-electron chi connectivity index (χ1n) is 4.87. The number of carbonyl (C=O) groups excluding carboxylic acids is 2. The van der Waals surface area contributed by atoms with Gasteiger partial charge in [0.15, 0.2) is 0 Å². The maximum atomic E-state index is 11.3. The molecule has 16 heavy (non-hydrogen) atoms. The Bertz CT molecular complexity index is 413.